The lowest BCUT2D eigenvalue weighted by Gasteiger charge is -2.50. The van der Waals surface area contributed by atoms with Gasteiger partial charge < -0.3 is 14.7 Å². The first-order valence-corrected chi connectivity index (χ1v) is 12.5. The van der Waals surface area contributed by atoms with Gasteiger partial charge in [0, 0.05) is 44.1 Å². The number of para-hydroxylation sites is 1. The number of carbonyl (C=O) groups is 1. The van der Waals surface area contributed by atoms with Gasteiger partial charge in [0.05, 0.1) is 17.5 Å². The topological polar surface area (TPSA) is 26.8 Å². The van der Waals surface area contributed by atoms with Crippen molar-refractivity contribution in [3.63, 3.8) is 0 Å². The molecule has 0 radical (unpaired) electrons. The summed E-state index contributed by atoms with van der Waals surface area (Å²) in [5.74, 6) is -0.366. The molecule has 1 fully saturated rings. The molecular weight excluding hydrogens is 463 g/mol. The Labute approximate surface area is 208 Å². The normalized spacial score (nSPS) is 21.5. The highest BCUT2D eigenvalue weighted by Gasteiger charge is 2.44. The van der Waals surface area contributed by atoms with Crippen LogP contribution in [0.3, 0.4) is 0 Å². The first-order valence-electron chi connectivity index (χ1n) is 12.5. The molecule has 6 rings (SSSR count). The molecule has 4 nitrogen and oxygen atoms in total. The third kappa shape index (κ3) is 4.10. The van der Waals surface area contributed by atoms with Gasteiger partial charge in [-0.1, -0.05) is 42.5 Å². The SMILES string of the molecule is O=C([C@H]1Cc2cc(C(F)(F)F)ccc2N2CCN(c3ccccc3)C[C@H]12)N1CCc2ccccc2C1. The number of amides is 1. The first kappa shape index (κ1) is 23.0. The molecule has 1 saturated heterocycles. The molecule has 3 aromatic rings. The lowest BCUT2D eigenvalue weighted by molar-refractivity contribution is -0.137. The van der Waals surface area contributed by atoms with Crippen molar-refractivity contribution in [2.75, 3.05) is 36.0 Å². The van der Waals surface area contributed by atoms with Crippen LogP contribution in [0.4, 0.5) is 24.5 Å². The number of carbonyl (C=O) groups excluding carboxylic acids is 1. The van der Waals surface area contributed by atoms with Gasteiger partial charge in [0.25, 0.3) is 0 Å². The number of alkyl halides is 3. The highest BCUT2D eigenvalue weighted by Crippen LogP contribution is 2.41. The van der Waals surface area contributed by atoms with E-state index in [1.54, 1.807) is 6.07 Å². The lowest BCUT2D eigenvalue weighted by Crippen LogP contribution is -2.61. The molecule has 1 amide bonds. The van der Waals surface area contributed by atoms with Crippen molar-refractivity contribution in [3.05, 3.63) is 95.1 Å². The van der Waals surface area contributed by atoms with Gasteiger partial charge in [0.1, 0.15) is 0 Å². The number of hydrogen-bond donors (Lipinski definition) is 0. The highest BCUT2D eigenvalue weighted by molar-refractivity contribution is 5.83. The van der Waals surface area contributed by atoms with Crippen molar-refractivity contribution < 1.29 is 18.0 Å². The van der Waals surface area contributed by atoms with E-state index in [1.165, 1.54) is 17.7 Å². The number of anilines is 2. The minimum atomic E-state index is -4.41. The van der Waals surface area contributed by atoms with Gasteiger partial charge in [-0.2, -0.15) is 13.2 Å². The summed E-state index contributed by atoms with van der Waals surface area (Å²) < 4.78 is 40.6. The Morgan fingerprint density at radius 1 is 0.833 bits per heavy atom. The molecule has 3 aliphatic heterocycles. The fraction of sp³-hybridized carbons (Fsp3) is 0.345. The summed E-state index contributed by atoms with van der Waals surface area (Å²) in [6, 6.07) is 22.2. The van der Waals surface area contributed by atoms with Crippen LogP contribution in [0.25, 0.3) is 0 Å². The lowest BCUT2D eigenvalue weighted by atomic mass is 9.82. The molecule has 0 spiro atoms. The van der Waals surface area contributed by atoms with Gasteiger partial charge in [0.15, 0.2) is 0 Å². The molecule has 3 aromatic carbocycles. The van der Waals surface area contributed by atoms with Crippen LogP contribution in [-0.4, -0.2) is 43.0 Å². The zero-order chi connectivity index (χ0) is 24.9. The summed E-state index contributed by atoms with van der Waals surface area (Å²) in [7, 11) is 0. The van der Waals surface area contributed by atoms with E-state index in [1.807, 2.05) is 35.2 Å². The monoisotopic (exact) mass is 491 g/mol. The second-order valence-corrected chi connectivity index (χ2v) is 9.97. The van der Waals surface area contributed by atoms with Crippen LogP contribution in [0.2, 0.25) is 0 Å². The molecule has 0 saturated carbocycles. The Morgan fingerprint density at radius 3 is 2.36 bits per heavy atom. The van der Waals surface area contributed by atoms with Gasteiger partial charge in [-0.05, 0) is 59.9 Å². The van der Waals surface area contributed by atoms with Crippen molar-refractivity contribution in [3.8, 4) is 0 Å². The van der Waals surface area contributed by atoms with Gasteiger partial charge in [0.2, 0.25) is 5.91 Å². The Bertz CT molecular complexity index is 1280. The fourth-order valence-corrected chi connectivity index (χ4v) is 6.08. The van der Waals surface area contributed by atoms with Crippen molar-refractivity contribution in [2.45, 2.75) is 31.6 Å². The summed E-state index contributed by atoms with van der Waals surface area (Å²) in [4.78, 5) is 20.4. The van der Waals surface area contributed by atoms with Gasteiger partial charge in [-0.25, -0.2) is 0 Å². The molecular formula is C29H28F3N3O. The van der Waals surface area contributed by atoms with Gasteiger partial charge >= 0.3 is 6.18 Å². The number of benzene rings is 3. The number of nitrogens with zero attached hydrogens (tertiary/aromatic N) is 3. The molecule has 0 unspecified atom stereocenters. The maximum Gasteiger partial charge on any atom is 0.416 e. The van der Waals surface area contributed by atoms with E-state index >= 15 is 0 Å². The maximum atomic E-state index is 14.0. The predicted octanol–water partition coefficient (Wildman–Crippen LogP) is 5.16. The molecule has 2 atom stereocenters. The average molecular weight is 492 g/mol. The molecule has 0 aromatic heterocycles. The molecule has 0 aliphatic carbocycles. The molecule has 0 N–H and O–H groups in total. The summed E-state index contributed by atoms with van der Waals surface area (Å²) in [6.07, 6.45) is -3.29. The summed E-state index contributed by atoms with van der Waals surface area (Å²) in [5, 5.41) is 0. The molecule has 0 bridgehead atoms. The van der Waals surface area contributed by atoms with Crippen molar-refractivity contribution in [1.29, 1.82) is 0 Å². The Hall–Kier alpha value is -3.48. The van der Waals surface area contributed by atoms with Crippen LogP contribution in [0.15, 0.2) is 72.8 Å². The molecule has 7 heteroatoms. The molecule has 3 heterocycles. The zero-order valence-electron chi connectivity index (χ0n) is 19.9. The average Bonchev–Trinajstić information content (AvgIpc) is 2.91. The van der Waals surface area contributed by atoms with Crippen molar-refractivity contribution >= 4 is 17.3 Å². The summed E-state index contributed by atoms with van der Waals surface area (Å²) >= 11 is 0. The Morgan fingerprint density at radius 2 is 1.58 bits per heavy atom. The minimum absolute atomic E-state index is 0.0393. The van der Waals surface area contributed by atoms with Gasteiger partial charge in [-0.15, -0.1) is 0 Å². The van der Waals surface area contributed by atoms with Crippen LogP contribution in [0.5, 0.6) is 0 Å². The predicted molar refractivity (Wildman–Crippen MR) is 134 cm³/mol. The summed E-state index contributed by atoms with van der Waals surface area (Å²) in [5.41, 5.74) is 4.31. The minimum Gasteiger partial charge on any atom is -0.368 e. The second kappa shape index (κ2) is 8.87. The van der Waals surface area contributed by atoms with E-state index in [9.17, 15) is 18.0 Å². The van der Waals surface area contributed by atoms with E-state index in [0.29, 0.717) is 38.2 Å². The van der Waals surface area contributed by atoms with Crippen molar-refractivity contribution in [2.24, 2.45) is 5.92 Å². The molecule has 36 heavy (non-hydrogen) atoms. The Balaban J connectivity index is 1.34. The second-order valence-electron chi connectivity index (χ2n) is 9.97. The van der Waals surface area contributed by atoms with E-state index in [-0.39, 0.29) is 11.9 Å². The number of rotatable bonds is 2. The van der Waals surface area contributed by atoms with Crippen LogP contribution in [0.1, 0.15) is 22.3 Å². The fourth-order valence-electron chi connectivity index (χ4n) is 6.08. The van der Waals surface area contributed by atoms with Crippen LogP contribution in [0, 0.1) is 5.92 Å². The van der Waals surface area contributed by atoms with E-state index in [0.717, 1.165) is 29.9 Å². The van der Waals surface area contributed by atoms with Gasteiger partial charge in [-0.3, -0.25) is 4.79 Å². The van der Waals surface area contributed by atoms with E-state index in [2.05, 4.69) is 34.1 Å². The standard InChI is InChI=1S/C29H28F3N3O/c30-29(31,32)23-10-11-26-22(16-23)17-25(28(36)34-13-12-20-6-4-5-7-21(20)18-34)27-19-33(14-15-35(26)27)24-8-2-1-3-9-24/h1-11,16,25,27H,12-15,17-19H2/t25-,27+/m0/s1. The summed E-state index contributed by atoms with van der Waals surface area (Å²) in [6.45, 7) is 3.25. The first-order chi connectivity index (χ1) is 17.4. The van der Waals surface area contributed by atoms with E-state index in [4.69, 9.17) is 0 Å². The van der Waals surface area contributed by atoms with Crippen LogP contribution >= 0.6 is 0 Å². The number of piperazine rings is 1. The Kier molecular flexibility index (Phi) is 5.66. The molecule has 186 valence electrons. The zero-order valence-corrected chi connectivity index (χ0v) is 19.9. The third-order valence-corrected chi connectivity index (χ3v) is 7.92. The third-order valence-electron chi connectivity index (χ3n) is 7.92. The smallest absolute Gasteiger partial charge is 0.368 e. The van der Waals surface area contributed by atoms with Crippen molar-refractivity contribution in [1.82, 2.24) is 4.90 Å². The quantitative estimate of drug-likeness (QED) is 0.496. The van der Waals surface area contributed by atoms with E-state index < -0.39 is 17.7 Å². The molecule has 3 aliphatic rings. The number of fused-ring (bicyclic) bond motifs is 4. The van der Waals surface area contributed by atoms with Crippen LogP contribution < -0.4 is 9.80 Å². The number of hydrogen-bond acceptors (Lipinski definition) is 3. The highest BCUT2D eigenvalue weighted by atomic mass is 19.4. The maximum absolute atomic E-state index is 14.0. The number of halogens is 3. The van der Waals surface area contributed by atoms with Crippen LogP contribution in [-0.2, 0) is 30.4 Å². The largest absolute Gasteiger partial charge is 0.416 e.